The first-order chi connectivity index (χ1) is 9.48. The van der Waals surface area contributed by atoms with Crippen LogP contribution in [0.15, 0.2) is 23.1 Å². The molecule has 1 aromatic rings. The molecular weight excluding hydrogens is 278 g/mol. The molecule has 0 aromatic heterocycles. The molecule has 0 aliphatic carbocycles. The number of benzene rings is 1. The lowest BCUT2D eigenvalue weighted by atomic mass is 10.1. The Kier molecular flexibility index (Phi) is 4.28. The second-order valence-corrected chi connectivity index (χ2v) is 6.64. The molecule has 1 aliphatic heterocycles. The first-order valence-corrected chi connectivity index (χ1v) is 7.75. The van der Waals surface area contributed by atoms with Gasteiger partial charge in [-0.2, -0.15) is 9.57 Å². The molecule has 0 spiro atoms. The van der Waals surface area contributed by atoms with Crippen molar-refractivity contribution in [3.8, 4) is 6.07 Å². The van der Waals surface area contributed by atoms with Crippen LogP contribution in [-0.2, 0) is 14.8 Å². The molecule has 2 rings (SSSR count). The Hall–Kier alpha value is -1.62. The van der Waals surface area contributed by atoms with Gasteiger partial charge in [0.2, 0.25) is 10.0 Å². The largest absolute Gasteiger partial charge is 0.399 e. The number of anilines is 1. The summed E-state index contributed by atoms with van der Waals surface area (Å²) in [5.74, 6) is 0. The molecule has 0 saturated carbocycles. The van der Waals surface area contributed by atoms with Gasteiger partial charge < -0.3 is 10.5 Å². The molecule has 1 aromatic carbocycles. The molecule has 6 nitrogen and oxygen atoms in total. The molecule has 7 heteroatoms. The third-order valence-electron chi connectivity index (χ3n) is 3.42. The summed E-state index contributed by atoms with van der Waals surface area (Å²) >= 11 is 0. The minimum absolute atomic E-state index is 0.00551. The number of nitrogens with zero attached hydrogens (tertiary/aromatic N) is 2. The quantitative estimate of drug-likeness (QED) is 0.837. The average Bonchev–Trinajstić information content (AvgIpc) is 2.46. The van der Waals surface area contributed by atoms with E-state index < -0.39 is 10.0 Å². The molecule has 1 heterocycles. The molecule has 0 radical (unpaired) electrons. The van der Waals surface area contributed by atoms with E-state index in [0.717, 1.165) is 12.8 Å². The summed E-state index contributed by atoms with van der Waals surface area (Å²) in [5, 5.41) is 9.09. The van der Waals surface area contributed by atoms with E-state index in [9.17, 15) is 8.42 Å². The van der Waals surface area contributed by atoms with Crippen molar-refractivity contribution < 1.29 is 13.2 Å². The van der Waals surface area contributed by atoms with Gasteiger partial charge in [0.25, 0.3) is 0 Å². The van der Waals surface area contributed by atoms with Crippen LogP contribution in [-0.4, -0.2) is 39.0 Å². The monoisotopic (exact) mass is 295 g/mol. The summed E-state index contributed by atoms with van der Waals surface area (Å²) in [5.41, 5.74) is 6.03. The minimum atomic E-state index is -3.69. The summed E-state index contributed by atoms with van der Waals surface area (Å²) in [6.07, 6.45) is 1.49. The number of nitriles is 1. The smallest absolute Gasteiger partial charge is 0.244 e. The molecule has 2 N–H and O–H groups in total. The Morgan fingerprint density at radius 1 is 1.50 bits per heavy atom. The highest BCUT2D eigenvalue weighted by Gasteiger charge is 2.31. The van der Waals surface area contributed by atoms with Gasteiger partial charge >= 0.3 is 0 Å². The van der Waals surface area contributed by atoms with Gasteiger partial charge in [-0.1, -0.05) is 0 Å². The molecule has 1 fully saturated rings. The summed E-state index contributed by atoms with van der Waals surface area (Å²) in [6, 6.07) is 6.15. The molecule has 0 amide bonds. The van der Waals surface area contributed by atoms with Gasteiger partial charge in [0.1, 0.15) is 11.0 Å². The van der Waals surface area contributed by atoms with Gasteiger partial charge in [0, 0.05) is 25.9 Å². The molecule has 20 heavy (non-hydrogen) atoms. The van der Waals surface area contributed by atoms with E-state index in [2.05, 4.69) is 0 Å². The third-order valence-corrected chi connectivity index (χ3v) is 5.34. The van der Waals surface area contributed by atoms with Crippen molar-refractivity contribution in [2.45, 2.75) is 23.8 Å². The second-order valence-electron chi connectivity index (χ2n) is 4.73. The molecule has 0 bridgehead atoms. The number of ether oxygens (including phenoxy) is 1. The number of hydrogen-bond acceptors (Lipinski definition) is 5. The Morgan fingerprint density at radius 2 is 2.25 bits per heavy atom. The number of nitrogens with two attached hydrogens (primary N) is 1. The lowest BCUT2D eigenvalue weighted by Crippen LogP contribution is -2.43. The number of rotatable bonds is 3. The van der Waals surface area contributed by atoms with Crippen molar-refractivity contribution in [2.24, 2.45) is 0 Å². The Morgan fingerprint density at radius 3 is 2.90 bits per heavy atom. The number of sulfonamides is 1. The van der Waals surface area contributed by atoms with Crippen LogP contribution in [0.1, 0.15) is 18.4 Å². The van der Waals surface area contributed by atoms with Gasteiger partial charge in [0.15, 0.2) is 0 Å². The molecule has 108 valence electrons. The van der Waals surface area contributed by atoms with Gasteiger partial charge in [-0.25, -0.2) is 8.42 Å². The summed E-state index contributed by atoms with van der Waals surface area (Å²) < 4.78 is 31.8. The third kappa shape index (κ3) is 2.77. The van der Waals surface area contributed by atoms with Crippen molar-refractivity contribution in [3.63, 3.8) is 0 Å². The number of piperidine rings is 1. The molecule has 1 saturated heterocycles. The van der Waals surface area contributed by atoms with E-state index in [-0.39, 0.29) is 16.6 Å². The van der Waals surface area contributed by atoms with Gasteiger partial charge in [-0.3, -0.25) is 0 Å². The maximum absolute atomic E-state index is 12.6. The zero-order valence-electron chi connectivity index (χ0n) is 11.2. The zero-order chi connectivity index (χ0) is 14.8. The van der Waals surface area contributed by atoms with Crippen LogP contribution in [0.4, 0.5) is 5.69 Å². The second kappa shape index (κ2) is 5.79. The fraction of sp³-hybridized carbons (Fsp3) is 0.462. The number of hydrogen-bond donors (Lipinski definition) is 1. The highest BCUT2D eigenvalue weighted by molar-refractivity contribution is 7.89. The highest BCUT2D eigenvalue weighted by Crippen LogP contribution is 2.25. The topological polar surface area (TPSA) is 96.4 Å². The maximum Gasteiger partial charge on any atom is 0.244 e. The van der Waals surface area contributed by atoms with Crippen LogP contribution in [0.2, 0.25) is 0 Å². The van der Waals surface area contributed by atoms with Gasteiger partial charge in [-0.05, 0) is 31.0 Å². The lowest BCUT2D eigenvalue weighted by molar-refractivity contribution is 0.0572. The van der Waals surface area contributed by atoms with Crippen molar-refractivity contribution in [1.82, 2.24) is 4.31 Å². The molecule has 1 unspecified atom stereocenters. The van der Waals surface area contributed by atoms with E-state index >= 15 is 0 Å². The number of methoxy groups -OCH3 is 1. The Labute approximate surface area is 118 Å². The molecule has 1 aliphatic rings. The molecular formula is C13H17N3O3S. The molecule has 1 atom stereocenters. The minimum Gasteiger partial charge on any atom is -0.399 e. The predicted octanol–water partition coefficient (Wildman–Crippen LogP) is 0.940. The Bertz CT molecular complexity index is 637. The van der Waals surface area contributed by atoms with E-state index in [0.29, 0.717) is 18.8 Å². The fourth-order valence-electron chi connectivity index (χ4n) is 2.31. The van der Waals surface area contributed by atoms with Crippen LogP contribution < -0.4 is 5.73 Å². The van der Waals surface area contributed by atoms with Crippen LogP contribution in [0, 0.1) is 11.3 Å². The van der Waals surface area contributed by atoms with E-state index in [4.69, 9.17) is 15.7 Å². The number of nitrogen functional groups attached to an aromatic ring is 1. The van der Waals surface area contributed by atoms with Crippen LogP contribution in [0.25, 0.3) is 0 Å². The van der Waals surface area contributed by atoms with Crippen molar-refractivity contribution >= 4 is 15.7 Å². The van der Waals surface area contributed by atoms with E-state index in [1.165, 1.54) is 22.5 Å². The first-order valence-electron chi connectivity index (χ1n) is 6.31. The van der Waals surface area contributed by atoms with Crippen LogP contribution in [0.5, 0.6) is 0 Å². The summed E-state index contributed by atoms with van der Waals surface area (Å²) in [7, 11) is -2.12. The van der Waals surface area contributed by atoms with Crippen molar-refractivity contribution in [2.75, 3.05) is 25.9 Å². The van der Waals surface area contributed by atoms with E-state index in [1.807, 2.05) is 6.07 Å². The SMILES string of the molecule is COC1CCCN(S(=O)(=O)c2ccc(N)cc2C#N)C1. The van der Waals surface area contributed by atoms with E-state index in [1.54, 1.807) is 7.11 Å². The van der Waals surface area contributed by atoms with Gasteiger partial charge in [-0.15, -0.1) is 0 Å². The highest BCUT2D eigenvalue weighted by atomic mass is 32.2. The Balaban J connectivity index is 2.38. The first kappa shape index (κ1) is 14.8. The summed E-state index contributed by atoms with van der Waals surface area (Å²) in [6.45, 7) is 0.755. The predicted molar refractivity (Wildman–Crippen MR) is 74.4 cm³/mol. The van der Waals surface area contributed by atoms with Gasteiger partial charge in [0.05, 0.1) is 11.7 Å². The average molecular weight is 295 g/mol. The normalized spacial score (nSPS) is 20.5. The lowest BCUT2D eigenvalue weighted by Gasteiger charge is -2.31. The maximum atomic E-state index is 12.6. The van der Waals surface area contributed by atoms with Crippen molar-refractivity contribution in [3.05, 3.63) is 23.8 Å². The summed E-state index contributed by atoms with van der Waals surface area (Å²) in [4.78, 5) is 0.00551. The van der Waals surface area contributed by atoms with Crippen LogP contribution in [0.3, 0.4) is 0 Å². The van der Waals surface area contributed by atoms with Crippen LogP contribution >= 0.6 is 0 Å². The zero-order valence-corrected chi connectivity index (χ0v) is 12.1. The fourth-order valence-corrected chi connectivity index (χ4v) is 3.95. The standard InChI is InChI=1S/C13H17N3O3S/c1-19-12-3-2-6-16(9-12)20(17,18)13-5-4-11(15)7-10(13)8-14/h4-5,7,12H,2-3,6,9,15H2,1H3. The van der Waals surface area contributed by atoms with Crippen molar-refractivity contribution in [1.29, 1.82) is 5.26 Å².